The number of nitro groups is 1. The molecule has 6 nitrogen and oxygen atoms in total. The van der Waals surface area contributed by atoms with E-state index in [9.17, 15) is 28.1 Å². The normalized spacial score (nSPS) is 16.7. The molecule has 1 heterocycles. The van der Waals surface area contributed by atoms with Crippen LogP contribution in [0.25, 0.3) is 6.08 Å². The Morgan fingerprint density at radius 1 is 1.35 bits per heavy atom. The van der Waals surface area contributed by atoms with Crippen molar-refractivity contribution in [3.8, 4) is 0 Å². The number of carbonyl (C=O) groups is 1. The van der Waals surface area contributed by atoms with E-state index in [0.717, 1.165) is 0 Å². The molecule has 0 radical (unpaired) electrons. The lowest BCUT2D eigenvalue weighted by atomic mass is 9.98. The molecule has 0 aliphatic carbocycles. The Balaban J connectivity index is 1.74. The molecule has 0 atom stereocenters. The van der Waals surface area contributed by atoms with Crippen molar-refractivity contribution < 1.29 is 27.6 Å². The fraction of sp³-hybridized carbons (Fsp3) is 0.471. The molecule has 1 saturated heterocycles. The van der Waals surface area contributed by atoms with Gasteiger partial charge in [-0.05, 0) is 43.5 Å². The van der Waals surface area contributed by atoms with E-state index in [1.807, 2.05) is 0 Å². The van der Waals surface area contributed by atoms with E-state index < -0.39 is 23.6 Å². The molecule has 0 saturated carbocycles. The fourth-order valence-electron chi connectivity index (χ4n) is 2.72. The van der Waals surface area contributed by atoms with Crippen molar-refractivity contribution in [3.05, 3.63) is 46.0 Å². The number of ether oxygens (including phenoxy) is 1. The van der Waals surface area contributed by atoms with Crippen LogP contribution in [-0.4, -0.2) is 48.2 Å². The highest BCUT2D eigenvalue weighted by atomic mass is 19.4. The summed E-state index contributed by atoms with van der Waals surface area (Å²) < 4.78 is 42.1. The summed E-state index contributed by atoms with van der Waals surface area (Å²) in [5, 5.41) is 10.7. The lowest BCUT2D eigenvalue weighted by Crippen LogP contribution is -2.40. The lowest BCUT2D eigenvalue weighted by Gasteiger charge is -2.31. The van der Waals surface area contributed by atoms with Crippen LogP contribution in [0.4, 0.5) is 18.9 Å². The van der Waals surface area contributed by atoms with E-state index in [4.69, 9.17) is 4.74 Å². The van der Waals surface area contributed by atoms with Gasteiger partial charge < -0.3 is 4.74 Å². The molecule has 1 aliphatic heterocycles. The van der Waals surface area contributed by atoms with Crippen LogP contribution in [0.3, 0.4) is 0 Å². The average molecular weight is 372 g/mol. The average Bonchev–Trinajstić information content (AvgIpc) is 2.58. The third-order valence-corrected chi connectivity index (χ3v) is 4.06. The minimum atomic E-state index is -4.20. The van der Waals surface area contributed by atoms with Gasteiger partial charge in [-0.1, -0.05) is 12.1 Å². The maximum atomic E-state index is 12.3. The van der Waals surface area contributed by atoms with E-state index in [0.29, 0.717) is 31.5 Å². The molecule has 2 rings (SSSR count). The molecule has 0 spiro atoms. The minimum Gasteiger partial charge on any atom is -0.462 e. The van der Waals surface area contributed by atoms with Gasteiger partial charge in [0.25, 0.3) is 5.69 Å². The van der Waals surface area contributed by atoms with E-state index in [1.54, 1.807) is 6.07 Å². The van der Waals surface area contributed by atoms with E-state index in [-0.39, 0.29) is 18.2 Å². The smallest absolute Gasteiger partial charge is 0.401 e. The molecule has 1 aromatic carbocycles. The summed E-state index contributed by atoms with van der Waals surface area (Å²) in [6, 6.07) is 5.81. The summed E-state index contributed by atoms with van der Waals surface area (Å²) in [6.45, 7) is -0.111. The van der Waals surface area contributed by atoms with Crippen LogP contribution in [0.1, 0.15) is 18.4 Å². The maximum Gasteiger partial charge on any atom is 0.401 e. The number of non-ortho nitro benzene ring substituents is 1. The molecule has 1 fully saturated rings. The molecule has 1 aromatic rings. The molecule has 26 heavy (non-hydrogen) atoms. The Bertz CT molecular complexity index is 668. The van der Waals surface area contributed by atoms with E-state index >= 15 is 0 Å². The lowest BCUT2D eigenvalue weighted by molar-refractivity contribution is -0.384. The number of likely N-dealkylation sites (tertiary alicyclic amines) is 1. The summed E-state index contributed by atoms with van der Waals surface area (Å²) in [5.41, 5.74) is 0.419. The third kappa shape index (κ3) is 6.83. The van der Waals surface area contributed by atoms with Gasteiger partial charge in [0.2, 0.25) is 0 Å². The van der Waals surface area contributed by atoms with Gasteiger partial charge in [0.1, 0.15) is 0 Å². The van der Waals surface area contributed by atoms with Crippen molar-refractivity contribution in [2.75, 3.05) is 26.2 Å². The quantitative estimate of drug-likeness (QED) is 0.331. The number of nitro benzene ring substituents is 1. The van der Waals surface area contributed by atoms with Gasteiger partial charge in [-0.15, -0.1) is 0 Å². The number of alkyl halides is 3. The third-order valence-electron chi connectivity index (χ3n) is 4.06. The number of carbonyl (C=O) groups excluding carboxylic acids is 1. The first-order valence-electron chi connectivity index (χ1n) is 8.11. The zero-order valence-corrected chi connectivity index (χ0v) is 13.9. The summed E-state index contributed by atoms with van der Waals surface area (Å²) in [5.74, 6) is -0.552. The number of esters is 1. The number of hydrogen-bond donors (Lipinski definition) is 0. The first kappa shape index (κ1) is 19.9. The van der Waals surface area contributed by atoms with Gasteiger partial charge in [-0.2, -0.15) is 13.2 Å². The number of rotatable bonds is 6. The van der Waals surface area contributed by atoms with Crippen molar-refractivity contribution in [2.24, 2.45) is 5.92 Å². The first-order valence-corrected chi connectivity index (χ1v) is 8.11. The Labute approximate surface area is 148 Å². The fourth-order valence-corrected chi connectivity index (χ4v) is 2.72. The highest BCUT2D eigenvalue weighted by molar-refractivity contribution is 5.87. The molecular weight excluding hydrogens is 353 g/mol. The van der Waals surface area contributed by atoms with Crippen LogP contribution in [0.5, 0.6) is 0 Å². The molecule has 0 N–H and O–H groups in total. The van der Waals surface area contributed by atoms with Gasteiger partial charge >= 0.3 is 12.1 Å². The van der Waals surface area contributed by atoms with Crippen molar-refractivity contribution in [1.29, 1.82) is 0 Å². The molecule has 0 aromatic heterocycles. The van der Waals surface area contributed by atoms with Gasteiger partial charge in [-0.25, -0.2) is 4.79 Å². The summed E-state index contributed by atoms with van der Waals surface area (Å²) in [6.07, 6.45) is -0.522. The number of halogens is 3. The largest absolute Gasteiger partial charge is 0.462 e. The molecule has 9 heteroatoms. The molecule has 1 aliphatic rings. The number of hydrogen-bond acceptors (Lipinski definition) is 5. The van der Waals surface area contributed by atoms with Crippen LogP contribution >= 0.6 is 0 Å². The van der Waals surface area contributed by atoms with Crippen LogP contribution in [0.2, 0.25) is 0 Å². The first-order chi connectivity index (χ1) is 12.2. The van der Waals surface area contributed by atoms with Crippen molar-refractivity contribution in [2.45, 2.75) is 19.0 Å². The Morgan fingerprint density at radius 2 is 2.04 bits per heavy atom. The van der Waals surface area contributed by atoms with Gasteiger partial charge in [-0.3, -0.25) is 15.0 Å². The second kappa shape index (κ2) is 8.79. The second-order valence-corrected chi connectivity index (χ2v) is 6.15. The van der Waals surface area contributed by atoms with Crippen LogP contribution in [-0.2, 0) is 9.53 Å². The van der Waals surface area contributed by atoms with Crippen molar-refractivity contribution in [1.82, 2.24) is 4.90 Å². The van der Waals surface area contributed by atoms with Crippen LogP contribution in [0, 0.1) is 16.0 Å². The molecular formula is C17H19F3N2O4. The zero-order chi connectivity index (χ0) is 19.2. The highest BCUT2D eigenvalue weighted by Crippen LogP contribution is 2.22. The SMILES string of the molecule is O=C(/C=C/c1cccc([N+](=O)[O-])c1)OCC1CCN(CC(F)(F)F)CC1. The molecule has 0 bridgehead atoms. The minimum absolute atomic E-state index is 0.0367. The predicted octanol–water partition coefficient (Wildman–Crippen LogP) is 3.43. The van der Waals surface area contributed by atoms with Gasteiger partial charge in [0, 0.05) is 18.2 Å². The highest BCUT2D eigenvalue weighted by Gasteiger charge is 2.32. The molecule has 0 unspecified atom stereocenters. The van der Waals surface area contributed by atoms with Gasteiger partial charge in [0.05, 0.1) is 18.1 Å². The van der Waals surface area contributed by atoms with E-state index in [1.165, 1.54) is 35.3 Å². The Kier molecular flexibility index (Phi) is 6.73. The predicted molar refractivity (Wildman–Crippen MR) is 88.3 cm³/mol. The monoisotopic (exact) mass is 372 g/mol. The number of nitrogens with zero attached hydrogens (tertiary/aromatic N) is 2. The van der Waals surface area contributed by atoms with Crippen molar-refractivity contribution >= 4 is 17.7 Å². The topological polar surface area (TPSA) is 72.7 Å². The number of benzene rings is 1. The van der Waals surface area contributed by atoms with E-state index in [2.05, 4.69) is 0 Å². The maximum absolute atomic E-state index is 12.3. The molecule has 142 valence electrons. The summed E-state index contributed by atoms with van der Waals surface area (Å²) in [7, 11) is 0. The van der Waals surface area contributed by atoms with Crippen LogP contribution < -0.4 is 0 Å². The number of piperidine rings is 1. The standard InChI is InChI=1S/C17H19F3N2O4/c18-17(19,20)12-21-8-6-14(7-9-21)11-26-16(23)5-4-13-2-1-3-15(10-13)22(24)25/h1-5,10,14H,6-9,11-12H2/b5-4+. The Morgan fingerprint density at radius 3 is 2.65 bits per heavy atom. The summed E-state index contributed by atoms with van der Waals surface area (Å²) in [4.78, 5) is 23.2. The molecule has 0 amide bonds. The second-order valence-electron chi connectivity index (χ2n) is 6.15. The summed E-state index contributed by atoms with van der Waals surface area (Å²) >= 11 is 0. The zero-order valence-electron chi connectivity index (χ0n) is 13.9. The Hall–Kier alpha value is -2.42. The van der Waals surface area contributed by atoms with Crippen molar-refractivity contribution in [3.63, 3.8) is 0 Å². The van der Waals surface area contributed by atoms with Crippen LogP contribution in [0.15, 0.2) is 30.3 Å². The van der Waals surface area contributed by atoms with Gasteiger partial charge in [0.15, 0.2) is 0 Å².